The molecule has 0 saturated heterocycles. The zero-order valence-electron chi connectivity index (χ0n) is 15.0. The summed E-state index contributed by atoms with van der Waals surface area (Å²) in [6.45, 7) is 0. The maximum absolute atomic E-state index is 13.0. The van der Waals surface area contributed by atoms with Gasteiger partial charge < -0.3 is 4.57 Å². The molecule has 0 N–H and O–H groups in total. The van der Waals surface area contributed by atoms with E-state index in [1.807, 2.05) is 60.7 Å². The average molecular weight is 385 g/mol. The second-order valence-electron chi connectivity index (χ2n) is 6.14. The van der Waals surface area contributed by atoms with Crippen molar-refractivity contribution >= 4 is 17.1 Å². The first-order chi connectivity index (χ1) is 13.7. The minimum absolute atomic E-state index is 0.264. The summed E-state index contributed by atoms with van der Waals surface area (Å²) in [6.07, 6.45) is 0. The van der Waals surface area contributed by atoms with Crippen molar-refractivity contribution in [2.75, 3.05) is 0 Å². The SMILES string of the molecule is Cn1c(-c2ccccc2)nnc1[C@H](C#N)C(=O)c1csc(-c2ccccc2)n1. The summed E-state index contributed by atoms with van der Waals surface area (Å²) in [4.78, 5) is 17.4. The maximum atomic E-state index is 13.0. The number of benzene rings is 2. The Morgan fingerprint density at radius 3 is 2.32 bits per heavy atom. The molecule has 0 radical (unpaired) electrons. The molecule has 0 unspecified atom stereocenters. The van der Waals surface area contributed by atoms with E-state index in [9.17, 15) is 10.1 Å². The lowest BCUT2D eigenvalue weighted by molar-refractivity contribution is 0.0971. The smallest absolute Gasteiger partial charge is 0.206 e. The molecule has 0 fully saturated rings. The lowest BCUT2D eigenvalue weighted by Crippen LogP contribution is -2.16. The van der Waals surface area contributed by atoms with Crippen LogP contribution in [0.1, 0.15) is 22.2 Å². The van der Waals surface area contributed by atoms with Gasteiger partial charge in [-0.15, -0.1) is 21.5 Å². The van der Waals surface area contributed by atoms with E-state index in [1.54, 1.807) is 17.0 Å². The zero-order chi connectivity index (χ0) is 19.5. The number of ketones is 1. The molecule has 0 aliphatic heterocycles. The Balaban J connectivity index is 1.65. The van der Waals surface area contributed by atoms with E-state index in [1.165, 1.54) is 11.3 Å². The lowest BCUT2D eigenvalue weighted by Gasteiger charge is -2.07. The first-order valence-corrected chi connectivity index (χ1v) is 9.46. The topological polar surface area (TPSA) is 84.5 Å². The quantitative estimate of drug-likeness (QED) is 0.483. The van der Waals surface area contributed by atoms with Crippen LogP contribution >= 0.6 is 11.3 Å². The highest BCUT2D eigenvalue weighted by molar-refractivity contribution is 7.13. The van der Waals surface area contributed by atoms with Gasteiger partial charge in [0.2, 0.25) is 5.78 Å². The molecule has 0 spiro atoms. The van der Waals surface area contributed by atoms with Gasteiger partial charge in [0.1, 0.15) is 10.7 Å². The predicted octanol–water partition coefficient (Wildman–Crippen LogP) is 4.10. The summed E-state index contributed by atoms with van der Waals surface area (Å²) in [6, 6.07) is 21.2. The van der Waals surface area contributed by atoms with Crippen LogP contribution in [0.2, 0.25) is 0 Å². The summed E-state index contributed by atoms with van der Waals surface area (Å²) in [5.74, 6) is -0.538. The van der Waals surface area contributed by atoms with Crippen LogP contribution in [0.15, 0.2) is 66.0 Å². The molecule has 136 valence electrons. The van der Waals surface area contributed by atoms with Crippen molar-refractivity contribution in [1.29, 1.82) is 5.26 Å². The third-order valence-electron chi connectivity index (χ3n) is 4.37. The highest BCUT2D eigenvalue weighted by Gasteiger charge is 2.29. The molecule has 2 aromatic carbocycles. The van der Waals surface area contributed by atoms with E-state index in [2.05, 4.69) is 21.3 Å². The van der Waals surface area contributed by atoms with Crippen molar-refractivity contribution in [1.82, 2.24) is 19.7 Å². The number of carbonyl (C=O) groups is 1. The fourth-order valence-electron chi connectivity index (χ4n) is 2.91. The molecule has 0 aliphatic rings. The zero-order valence-corrected chi connectivity index (χ0v) is 15.8. The van der Waals surface area contributed by atoms with Crippen LogP contribution in [-0.2, 0) is 7.05 Å². The Morgan fingerprint density at radius 1 is 1.04 bits per heavy atom. The van der Waals surface area contributed by atoms with E-state index in [0.29, 0.717) is 11.6 Å². The number of carbonyl (C=O) groups excluding carboxylic acids is 1. The average Bonchev–Trinajstić information content (AvgIpc) is 3.38. The predicted molar refractivity (Wildman–Crippen MR) is 107 cm³/mol. The van der Waals surface area contributed by atoms with Gasteiger partial charge in [0.05, 0.1) is 6.07 Å². The summed E-state index contributed by atoms with van der Waals surface area (Å²) in [5.41, 5.74) is 2.07. The van der Waals surface area contributed by atoms with Crippen molar-refractivity contribution in [3.8, 4) is 28.0 Å². The third kappa shape index (κ3) is 3.21. The highest BCUT2D eigenvalue weighted by atomic mass is 32.1. The molecule has 4 rings (SSSR count). The molecule has 1 atom stereocenters. The summed E-state index contributed by atoms with van der Waals surface area (Å²) in [5, 5.41) is 20.4. The van der Waals surface area contributed by atoms with Crippen LogP contribution in [0.4, 0.5) is 0 Å². The van der Waals surface area contributed by atoms with Gasteiger partial charge in [-0.25, -0.2) is 4.98 Å². The minimum Gasteiger partial charge on any atom is -0.313 e. The van der Waals surface area contributed by atoms with Gasteiger partial charge in [0.15, 0.2) is 17.6 Å². The number of hydrogen-bond acceptors (Lipinski definition) is 6. The Bertz CT molecular complexity index is 1160. The largest absolute Gasteiger partial charge is 0.313 e. The monoisotopic (exact) mass is 385 g/mol. The van der Waals surface area contributed by atoms with E-state index < -0.39 is 5.92 Å². The van der Waals surface area contributed by atoms with Gasteiger partial charge in [0.25, 0.3) is 0 Å². The molecule has 6 nitrogen and oxygen atoms in total. The van der Waals surface area contributed by atoms with Crippen molar-refractivity contribution in [2.24, 2.45) is 7.05 Å². The lowest BCUT2D eigenvalue weighted by atomic mass is 10.0. The third-order valence-corrected chi connectivity index (χ3v) is 5.26. The van der Waals surface area contributed by atoms with Gasteiger partial charge in [-0.05, 0) is 0 Å². The van der Waals surface area contributed by atoms with Gasteiger partial charge in [-0.3, -0.25) is 4.79 Å². The van der Waals surface area contributed by atoms with Gasteiger partial charge in [-0.2, -0.15) is 5.26 Å². The number of aromatic nitrogens is 4. The van der Waals surface area contributed by atoms with Gasteiger partial charge >= 0.3 is 0 Å². The number of nitrogens with zero attached hydrogens (tertiary/aromatic N) is 5. The van der Waals surface area contributed by atoms with Gasteiger partial charge in [0, 0.05) is 23.6 Å². The number of hydrogen-bond donors (Lipinski definition) is 0. The molecular formula is C21H15N5OS. The Morgan fingerprint density at radius 2 is 1.68 bits per heavy atom. The Kier molecular flexibility index (Phi) is 4.79. The van der Waals surface area contributed by atoms with Crippen molar-refractivity contribution in [3.05, 3.63) is 77.6 Å². The second kappa shape index (κ2) is 7.55. The number of Topliss-reactive ketones (excluding diaryl/α,β-unsaturated/α-hetero) is 1. The molecule has 0 saturated carbocycles. The molecule has 0 amide bonds. The van der Waals surface area contributed by atoms with Crippen molar-refractivity contribution in [3.63, 3.8) is 0 Å². The summed E-state index contributed by atoms with van der Waals surface area (Å²) in [7, 11) is 1.76. The number of thiazole rings is 1. The molecule has 28 heavy (non-hydrogen) atoms. The Hall–Kier alpha value is -3.63. The van der Waals surface area contributed by atoms with Crippen molar-refractivity contribution in [2.45, 2.75) is 5.92 Å². The van der Waals surface area contributed by atoms with Crippen LogP contribution in [0, 0.1) is 11.3 Å². The summed E-state index contributed by atoms with van der Waals surface area (Å²) >= 11 is 1.38. The van der Waals surface area contributed by atoms with E-state index >= 15 is 0 Å². The number of rotatable bonds is 5. The van der Waals surface area contributed by atoms with E-state index in [-0.39, 0.29) is 11.5 Å². The van der Waals surface area contributed by atoms with Crippen LogP contribution in [0.3, 0.4) is 0 Å². The molecule has 4 aromatic rings. The molecule has 0 aliphatic carbocycles. The first kappa shape index (κ1) is 17.8. The van der Waals surface area contributed by atoms with Crippen LogP contribution < -0.4 is 0 Å². The molecule has 7 heteroatoms. The number of nitriles is 1. The summed E-state index contributed by atoms with van der Waals surface area (Å²) < 4.78 is 1.69. The van der Waals surface area contributed by atoms with E-state index in [0.717, 1.165) is 16.1 Å². The highest BCUT2D eigenvalue weighted by Crippen LogP contribution is 2.27. The van der Waals surface area contributed by atoms with Gasteiger partial charge in [-0.1, -0.05) is 60.7 Å². The maximum Gasteiger partial charge on any atom is 0.206 e. The van der Waals surface area contributed by atoms with Crippen LogP contribution in [-0.4, -0.2) is 25.5 Å². The molecule has 2 aromatic heterocycles. The molecular weight excluding hydrogens is 370 g/mol. The standard InChI is InChI=1S/C21H15N5OS/c1-26-19(14-8-4-2-5-9-14)24-25-20(26)16(12-22)18(27)17-13-28-21(23-17)15-10-6-3-7-11-15/h2-11,13,16H,1H3/t16-/m1/s1. The van der Waals surface area contributed by atoms with Crippen molar-refractivity contribution < 1.29 is 4.79 Å². The van der Waals surface area contributed by atoms with E-state index in [4.69, 9.17) is 0 Å². The van der Waals surface area contributed by atoms with Crippen LogP contribution in [0.25, 0.3) is 22.0 Å². The minimum atomic E-state index is -1.07. The fraction of sp³-hybridized carbons (Fsp3) is 0.0952. The normalized spacial score (nSPS) is 11.7. The second-order valence-corrected chi connectivity index (χ2v) is 7.00. The molecule has 2 heterocycles. The fourth-order valence-corrected chi connectivity index (χ4v) is 3.73. The first-order valence-electron chi connectivity index (χ1n) is 8.58. The molecule has 0 bridgehead atoms. The Labute approximate surface area is 165 Å². The van der Waals surface area contributed by atoms with Crippen LogP contribution in [0.5, 0.6) is 0 Å².